The molecule has 2 N–H and O–H groups in total. The molecular formula is C15H24N2O2. The van der Waals surface area contributed by atoms with Crippen LogP contribution in [0.4, 0.5) is 4.79 Å². The Morgan fingerprint density at radius 1 is 1.26 bits per heavy atom. The van der Waals surface area contributed by atoms with Crippen molar-refractivity contribution in [1.29, 1.82) is 0 Å². The zero-order valence-corrected chi connectivity index (χ0v) is 12.2. The Hall–Kier alpha value is -1.71. The summed E-state index contributed by atoms with van der Waals surface area (Å²) in [5.74, 6) is 0.830. The van der Waals surface area contributed by atoms with E-state index in [1.165, 1.54) is 0 Å². The molecule has 0 bridgehead atoms. The van der Waals surface area contributed by atoms with Gasteiger partial charge >= 0.3 is 6.03 Å². The molecule has 0 saturated heterocycles. The second-order valence-electron chi connectivity index (χ2n) is 4.65. The van der Waals surface area contributed by atoms with E-state index in [-0.39, 0.29) is 18.1 Å². The van der Waals surface area contributed by atoms with Crippen LogP contribution < -0.4 is 15.4 Å². The molecule has 0 saturated carbocycles. The van der Waals surface area contributed by atoms with Gasteiger partial charge in [-0.15, -0.1) is 0 Å². The second kappa shape index (κ2) is 7.67. The number of nitrogens with one attached hydrogen (secondary N) is 2. The molecule has 0 fully saturated rings. The van der Waals surface area contributed by atoms with Crippen molar-refractivity contribution in [2.45, 2.75) is 46.2 Å². The fraction of sp³-hybridized carbons (Fsp3) is 0.533. The maximum atomic E-state index is 11.8. The van der Waals surface area contributed by atoms with Crippen LogP contribution in [0.3, 0.4) is 0 Å². The highest BCUT2D eigenvalue weighted by Crippen LogP contribution is 2.19. The van der Waals surface area contributed by atoms with E-state index in [9.17, 15) is 4.79 Å². The Labute approximate surface area is 115 Å². The van der Waals surface area contributed by atoms with Gasteiger partial charge in [0.05, 0.1) is 12.6 Å². The number of carbonyl (C=O) groups excluding carboxylic acids is 1. The molecule has 0 aliphatic heterocycles. The lowest BCUT2D eigenvalue weighted by atomic mass is 10.1. The summed E-state index contributed by atoms with van der Waals surface area (Å²) in [5, 5.41) is 5.81. The van der Waals surface area contributed by atoms with Gasteiger partial charge in [0.15, 0.2) is 0 Å². The Balaban J connectivity index is 2.59. The molecule has 0 aliphatic carbocycles. The molecular weight excluding hydrogens is 240 g/mol. The van der Waals surface area contributed by atoms with Crippen LogP contribution in [-0.4, -0.2) is 18.7 Å². The number of benzene rings is 1. The predicted molar refractivity (Wildman–Crippen MR) is 77.4 cm³/mol. The van der Waals surface area contributed by atoms with Gasteiger partial charge in [0.1, 0.15) is 5.75 Å². The predicted octanol–water partition coefficient (Wildman–Crippen LogP) is 3.24. The SMILES string of the molecule is CCOc1cccc([C@H](C)NC(=O)N[C@H](C)CC)c1. The molecule has 0 aliphatic rings. The zero-order valence-electron chi connectivity index (χ0n) is 12.2. The Bertz CT molecular complexity index is 407. The molecule has 0 aromatic heterocycles. The third-order valence-electron chi connectivity index (χ3n) is 3.01. The average Bonchev–Trinajstić information content (AvgIpc) is 2.39. The van der Waals surface area contributed by atoms with Gasteiger partial charge in [-0.1, -0.05) is 19.1 Å². The van der Waals surface area contributed by atoms with Crippen LogP contribution in [0.15, 0.2) is 24.3 Å². The lowest BCUT2D eigenvalue weighted by Gasteiger charge is -2.18. The van der Waals surface area contributed by atoms with Gasteiger partial charge in [-0.3, -0.25) is 0 Å². The summed E-state index contributed by atoms with van der Waals surface area (Å²) in [6.45, 7) is 8.58. The van der Waals surface area contributed by atoms with E-state index in [0.717, 1.165) is 17.7 Å². The van der Waals surface area contributed by atoms with Crippen LogP contribution in [0.25, 0.3) is 0 Å². The van der Waals surface area contributed by atoms with Crippen molar-refractivity contribution >= 4 is 6.03 Å². The van der Waals surface area contributed by atoms with Crippen LogP contribution in [0.2, 0.25) is 0 Å². The molecule has 2 atom stereocenters. The lowest BCUT2D eigenvalue weighted by molar-refractivity contribution is 0.234. The summed E-state index contributed by atoms with van der Waals surface area (Å²) in [4.78, 5) is 11.8. The molecule has 0 heterocycles. The molecule has 4 heteroatoms. The fourth-order valence-corrected chi connectivity index (χ4v) is 1.69. The van der Waals surface area contributed by atoms with E-state index in [0.29, 0.717) is 6.61 Å². The van der Waals surface area contributed by atoms with Gasteiger partial charge < -0.3 is 15.4 Å². The first-order valence-corrected chi connectivity index (χ1v) is 6.86. The van der Waals surface area contributed by atoms with E-state index >= 15 is 0 Å². The van der Waals surface area contributed by atoms with Crippen molar-refractivity contribution in [3.05, 3.63) is 29.8 Å². The average molecular weight is 264 g/mol. The molecule has 1 aromatic carbocycles. The van der Waals surface area contributed by atoms with Crippen LogP contribution in [0.1, 0.15) is 45.7 Å². The van der Waals surface area contributed by atoms with E-state index in [2.05, 4.69) is 10.6 Å². The number of hydrogen-bond donors (Lipinski definition) is 2. The van der Waals surface area contributed by atoms with Crippen molar-refractivity contribution in [2.24, 2.45) is 0 Å². The number of amides is 2. The van der Waals surface area contributed by atoms with E-state index in [1.807, 2.05) is 52.0 Å². The molecule has 0 radical (unpaired) electrons. The number of carbonyl (C=O) groups is 1. The fourth-order valence-electron chi connectivity index (χ4n) is 1.69. The summed E-state index contributed by atoms with van der Waals surface area (Å²) < 4.78 is 5.46. The van der Waals surface area contributed by atoms with Crippen LogP contribution in [0, 0.1) is 0 Å². The van der Waals surface area contributed by atoms with Gasteiger partial charge in [-0.2, -0.15) is 0 Å². The largest absolute Gasteiger partial charge is 0.494 e. The second-order valence-corrected chi connectivity index (χ2v) is 4.65. The Morgan fingerprint density at radius 2 is 2.00 bits per heavy atom. The molecule has 1 aromatic rings. The third-order valence-corrected chi connectivity index (χ3v) is 3.01. The topological polar surface area (TPSA) is 50.4 Å². The number of ether oxygens (including phenoxy) is 1. The monoisotopic (exact) mass is 264 g/mol. The highest BCUT2D eigenvalue weighted by molar-refractivity contribution is 5.74. The quantitative estimate of drug-likeness (QED) is 0.828. The number of hydrogen-bond acceptors (Lipinski definition) is 2. The minimum Gasteiger partial charge on any atom is -0.494 e. The normalized spacial score (nSPS) is 13.5. The van der Waals surface area contributed by atoms with Crippen LogP contribution >= 0.6 is 0 Å². The molecule has 0 spiro atoms. The van der Waals surface area contributed by atoms with Crippen molar-refractivity contribution < 1.29 is 9.53 Å². The maximum Gasteiger partial charge on any atom is 0.315 e. The molecule has 106 valence electrons. The summed E-state index contributed by atoms with van der Waals surface area (Å²) in [7, 11) is 0. The molecule has 19 heavy (non-hydrogen) atoms. The molecule has 1 rings (SSSR count). The maximum absolute atomic E-state index is 11.8. The van der Waals surface area contributed by atoms with Crippen LogP contribution in [0.5, 0.6) is 5.75 Å². The highest BCUT2D eigenvalue weighted by Gasteiger charge is 2.11. The van der Waals surface area contributed by atoms with E-state index in [1.54, 1.807) is 0 Å². The first kappa shape index (κ1) is 15.3. The van der Waals surface area contributed by atoms with Crippen LogP contribution in [-0.2, 0) is 0 Å². The minimum absolute atomic E-state index is 0.0514. The highest BCUT2D eigenvalue weighted by atomic mass is 16.5. The van der Waals surface area contributed by atoms with Crippen molar-refractivity contribution in [2.75, 3.05) is 6.61 Å². The lowest BCUT2D eigenvalue weighted by Crippen LogP contribution is -2.41. The first-order valence-electron chi connectivity index (χ1n) is 6.86. The van der Waals surface area contributed by atoms with Crippen molar-refractivity contribution in [1.82, 2.24) is 10.6 Å². The number of urea groups is 1. The number of rotatable bonds is 6. The van der Waals surface area contributed by atoms with Gasteiger partial charge in [0.2, 0.25) is 0 Å². The Morgan fingerprint density at radius 3 is 2.63 bits per heavy atom. The van der Waals surface area contributed by atoms with Gasteiger partial charge in [-0.25, -0.2) is 4.79 Å². The van der Waals surface area contributed by atoms with Gasteiger partial charge in [0.25, 0.3) is 0 Å². The zero-order chi connectivity index (χ0) is 14.3. The smallest absolute Gasteiger partial charge is 0.315 e. The minimum atomic E-state index is -0.135. The van der Waals surface area contributed by atoms with Gasteiger partial charge in [-0.05, 0) is 44.9 Å². The van der Waals surface area contributed by atoms with E-state index < -0.39 is 0 Å². The first-order chi connectivity index (χ1) is 9.06. The van der Waals surface area contributed by atoms with Crippen molar-refractivity contribution in [3.63, 3.8) is 0 Å². The summed E-state index contributed by atoms with van der Waals surface area (Å²) in [6.07, 6.45) is 0.918. The summed E-state index contributed by atoms with van der Waals surface area (Å²) in [6, 6.07) is 7.79. The van der Waals surface area contributed by atoms with E-state index in [4.69, 9.17) is 4.74 Å². The summed E-state index contributed by atoms with van der Waals surface area (Å²) in [5.41, 5.74) is 1.03. The van der Waals surface area contributed by atoms with Gasteiger partial charge in [0, 0.05) is 6.04 Å². The third kappa shape index (κ3) is 5.20. The molecule has 2 amide bonds. The Kier molecular flexibility index (Phi) is 6.19. The molecule has 4 nitrogen and oxygen atoms in total. The molecule has 0 unspecified atom stereocenters. The standard InChI is InChI=1S/C15H24N2O2/c1-5-11(3)16-15(18)17-12(4)13-8-7-9-14(10-13)19-6-2/h7-12H,5-6H2,1-4H3,(H2,16,17,18)/t11-,12+/m1/s1. The van der Waals surface area contributed by atoms with Crippen molar-refractivity contribution in [3.8, 4) is 5.75 Å². The summed E-state index contributed by atoms with van der Waals surface area (Å²) >= 11 is 0.